The Bertz CT molecular complexity index is 725. The van der Waals surface area contributed by atoms with Gasteiger partial charge in [-0.3, -0.25) is 0 Å². The van der Waals surface area contributed by atoms with Crippen LogP contribution in [0.15, 0.2) is 35.6 Å². The highest BCUT2D eigenvalue weighted by molar-refractivity contribution is 5.81. The Kier molecular flexibility index (Phi) is 7.46. The molecule has 170 valence electrons. The van der Waals surface area contributed by atoms with Crippen LogP contribution in [0.2, 0.25) is 0 Å². The van der Waals surface area contributed by atoms with Crippen LogP contribution in [-0.4, -0.2) is 90.2 Å². The van der Waals surface area contributed by atoms with Crippen molar-refractivity contribution in [2.75, 3.05) is 6.61 Å². The molecule has 8 atom stereocenters. The third-order valence-corrected chi connectivity index (χ3v) is 5.58. The van der Waals surface area contributed by atoms with Gasteiger partial charge in [0.2, 0.25) is 6.29 Å². The van der Waals surface area contributed by atoms with Crippen molar-refractivity contribution in [3.8, 4) is 0 Å². The first-order chi connectivity index (χ1) is 13.8. The molecule has 0 spiro atoms. The number of carboxylic acids is 1. The number of aliphatic hydroxyl groups is 6. The molecule has 0 aromatic heterocycles. The number of carbonyl (C=O) groups is 1. The third kappa shape index (κ3) is 4.92. The van der Waals surface area contributed by atoms with Crippen LogP contribution in [0.25, 0.3) is 0 Å². The molecule has 6 unspecified atom stereocenters. The van der Waals surface area contributed by atoms with E-state index in [9.17, 15) is 35.4 Å². The molecule has 1 saturated heterocycles. The van der Waals surface area contributed by atoms with Gasteiger partial charge in [0.05, 0.1) is 12.4 Å². The summed E-state index contributed by atoms with van der Waals surface area (Å²) in [6, 6.07) is 0. The molecule has 1 fully saturated rings. The maximum atomic E-state index is 11.1. The molecule has 1 aliphatic carbocycles. The molecule has 2 aliphatic rings. The van der Waals surface area contributed by atoms with Crippen LogP contribution in [0.5, 0.6) is 0 Å². The molecule has 0 amide bonds. The van der Waals surface area contributed by atoms with E-state index in [1.807, 2.05) is 0 Å². The fraction of sp³-hybridized carbons (Fsp3) is 0.650. The molecule has 0 radical (unpaired) electrons. The minimum Gasteiger partial charge on any atom is -0.478 e. The van der Waals surface area contributed by atoms with Gasteiger partial charge in [0.25, 0.3) is 0 Å². The second kappa shape index (κ2) is 9.15. The topological polar surface area (TPSA) is 177 Å². The summed E-state index contributed by atoms with van der Waals surface area (Å²) >= 11 is 0. The van der Waals surface area contributed by atoms with Crippen molar-refractivity contribution in [2.24, 2.45) is 5.92 Å². The molecule has 10 nitrogen and oxygen atoms in total. The van der Waals surface area contributed by atoms with E-state index < -0.39 is 60.4 Å². The highest BCUT2D eigenvalue weighted by Crippen LogP contribution is 2.42. The first-order valence-electron chi connectivity index (χ1n) is 9.55. The third-order valence-electron chi connectivity index (χ3n) is 5.58. The number of rotatable bonds is 6. The zero-order valence-corrected chi connectivity index (χ0v) is 17.0. The van der Waals surface area contributed by atoms with E-state index in [4.69, 9.17) is 14.6 Å². The molecular weight excluding hydrogens is 400 g/mol. The summed E-state index contributed by atoms with van der Waals surface area (Å²) in [5.41, 5.74) is -3.11. The minimum absolute atomic E-state index is 0.174. The van der Waals surface area contributed by atoms with E-state index >= 15 is 0 Å². The van der Waals surface area contributed by atoms with Crippen molar-refractivity contribution in [3.05, 3.63) is 35.6 Å². The van der Waals surface area contributed by atoms with Gasteiger partial charge in [-0.05, 0) is 31.6 Å². The van der Waals surface area contributed by atoms with E-state index in [1.54, 1.807) is 13.8 Å². The van der Waals surface area contributed by atoms with E-state index in [-0.39, 0.29) is 12.2 Å². The summed E-state index contributed by atoms with van der Waals surface area (Å²) in [5, 5.41) is 69.9. The van der Waals surface area contributed by atoms with Gasteiger partial charge in [-0.25, -0.2) is 4.79 Å². The van der Waals surface area contributed by atoms with Crippen molar-refractivity contribution in [2.45, 2.75) is 69.1 Å². The molecule has 2 rings (SSSR count). The molecule has 10 heteroatoms. The summed E-state index contributed by atoms with van der Waals surface area (Å²) in [4.78, 5) is 10.7. The Hall–Kier alpha value is -1.79. The lowest BCUT2D eigenvalue weighted by atomic mass is 9.69. The second-order valence-electron chi connectivity index (χ2n) is 8.07. The van der Waals surface area contributed by atoms with Crippen LogP contribution in [0, 0.1) is 5.92 Å². The lowest BCUT2D eigenvalue weighted by Gasteiger charge is -2.47. The number of aliphatic carboxylic acids is 1. The lowest BCUT2D eigenvalue weighted by molar-refractivity contribution is -0.294. The molecule has 0 bridgehead atoms. The van der Waals surface area contributed by atoms with Crippen LogP contribution in [0.4, 0.5) is 0 Å². The fourth-order valence-electron chi connectivity index (χ4n) is 3.66. The Morgan fingerprint density at radius 1 is 1.27 bits per heavy atom. The van der Waals surface area contributed by atoms with Gasteiger partial charge in [-0.1, -0.05) is 13.0 Å². The van der Waals surface area contributed by atoms with Crippen LogP contribution in [-0.2, 0) is 14.3 Å². The number of aliphatic hydroxyl groups excluding tert-OH is 4. The van der Waals surface area contributed by atoms with Crippen molar-refractivity contribution in [3.63, 3.8) is 0 Å². The zero-order valence-electron chi connectivity index (χ0n) is 17.0. The molecule has 1 aliphatic heterocycles. The maximum Gasteiger partial charge on any atom is 0.328 e. The molecule has 0 aromatic carbocycles. The summed E-state index contributed by atoms with van der Waals surface area (Å²) < 4.78 is 10.9. The van der Waals surface area contributed by atoms with Crippen molar-refractivity contribution < 1.29 is 50.0 Å². The monoisotopic (exact) mass is 430 g/mol. The second-order valence-corrected chi connectivity index (χ2v) is 8.07. The van der Waals surface area contributed by atoms with Crippen LogP contribution >= 0.6 is 0 Å². The van der Waals surface area contributed by atoms with E-state index in [0.717, 1.165) is 6.08 Å². The van der Waals surface area contributed by atoms with Crippen LogP contribution < -0.4 is 0 Å². The number of carboxylic acid groups (broad SMARTS) is 1. The fourth-order valence-corrected chi connectivity index (χ4v) is 3.66. The standard InChI is InChI=1S/C20H30O10/c1-10(6-14(22)23)4-5-20(28)11(2)7-12(8-19(20,3)27)29-18-17(26)16(25)15(24)13(9-21)30-18/h4-7,11,13,15-18,21,24-28H,8-9H2,1-3H3,(H,22,23)/b5-4+,10-6-/t11-,13?,15?,16?,17?,18?,19?,20+/m1/s1. The smallest absolute Gasteiger partial charge is 0.328 e. The van der Waals surface area contributed by atoms with Gasteiger partial charge < -0.3 is 45.2 Å². The van der Waals surface area contributed by atoms with Gasteiger partial charge in [0, 0.05) is 18.4 Å². The summed E-state index contributed by atoms with van der Waals surface area (Å²) in [5.74, 6) is -1.65. The molecule has 30 heavy (non-hydrogen) atoms. The first-order valence-corrected chi connectivity index (χ1v) is 9.55. The molecule has 0 saturated carbocycles. The number of ether oxygens (including phenoxy) is 2. The van der Waals surface area contributed by atoms with Crippen molar-refractivity contribution in [1.82, 2.24) is 0 Å². The number of hydrogen-bond donors (Lipinski definition) is 7. The average molecular weight is 430 g/mol. The molecule has 0 aromatic rings. The van der Waals surface area contributed by atoms with Gasteiger partial charge in [-0.2, -0.15) is 0 Å². The molecule has 1 heterocycles. The van der Waals surface area contributed by atoms with E-state index in [0.29, 0.717) is 5.57 Å². The largest absolute Gasteiger partial charge is 0.478 e. The first kappa shape index (κ1) is 24.5. The van der Waals surface area contributed by atoms with E-state index in [2.05, 4.69) is 0 Å². The van der Waals surface area contributed by atoms with Crippen LogP contribution in [0.1, 0.15) is 27.2 Å². The Morgan fingerprint density at radius 3 is 2.43 bits per heavy atom. The van der Waals surface area contributed by atoms with Gasteiger partial charge in [-0.15, -0.1) is 0 Å². The van der Waals surface area contributed by atoms with Crippen molar-refractivity contribution in [1.29, 1.82) is 0 Å². The maximum absolute atomic E-state index is 11.1. The van der Waals surface area contributed by atoms with Gasteiger partial charge in [0.15, 0.2) is 0 Å². The number of hydrogen-bond acceptors (Lipinski definition) is 9. The summed E-state index contributed by atoms with van der Waals surface area (Å²) in [6.07, 6.45) is -2.26. The summed E-state index contributed by atoms with van der Waals surface area (Å²) in [7, 11) is 0. The zero-order chi connectivity index (χ0) is 22.9. The number of allylic oxidation sites excluding steroid dienone is 2. The lowest BCUT2D eigenvalue weighted by Crippen LogP contribution is -2.60. The van der Waals surface area contributed by atoms with Gasteiger partial charge >= 0.3 is 5.97 Å². The average Bonchev–Trinajstić information content (AvgIpc) is 2.64. The Labute approximate surface area is 174 Å². The highest BCUT2D eigenvalue weighted by Gasteiger charge is 2.52. The van der Waals surface area contributed by atoms with Crippen LogP contribution in [0.3, 0.4) is 0 Å². The van der Waals surface area contributed by atoms with E-state index in [1.165, 1.54) is 25.2 Å². The summed E-state index contributed by atoms with van der Waals surface area (Å²) in [6.45, 7) is 3.93. The quantitative estimate of drug-likeness (QED) is 0.200. The Morgan fingerprint density at radius 2 is 1.90 bits per heavy atom. The minimum atomic E-state index is -1.75. The van der Waals surface area contributed by atoms with Crippen molar-refractivity contribution >= 4 is 5.97 Å². The predicted octanol–water partition coefficient (Wildman–Crippen LogP) is -1.20. The normalized spacial score (nSPS) is 42.8. The highest BCUT2D eigenvalue weighted by atomic mass is 16.7. The molecule has 7 N–H and O–H groups in total. The predicted molar refractivity (Wildman–Crippen MR) is 103 cm³/mol. The molecular formula is C20H30O10. The SMILES string of the molecule is CC(=C/C(=O)O)/C=C/[C@]1(O)[C@H](C)C=C(OC2OC(CO)C(O)C(O)C2O)CC1(C)O. The van der Waals surface area contributed by atoms with Gasteiger partial charge in [0.1, 0.15) is 35.6 Å². The Balaban J connectivity index is 2.23.